The molecule has 84 valence electrons. The van der Waals surface area contributed by atoms with Crippen molar-refractivity contribution in [3.8, 4) is 0 Å². The van der Waals surface area contributed by atoms with Gasteiger partial charge in [0.15, 0.2) is 4.98 Å². The van der Waals surface area contributed by atoms with Crippen LogP contribution in [0.2, 0.25) is 0 Å². The predicted octanol–water partition coefficient (Wildman–Crippen LogP) is 3.80. The van der Waals surface area contributed by atoms with Gasteiger partial charge < -0.3 is 5.32 Å². The fourth-order valence-corrected chi connectivity index (χ4v) is 1.71. The van der Waals surface area contributed by atoms with E-state index in [0.717, 1.165) is 12.1 Å². The van der Waals surface area contributed by atoms with Gasteiger partial charge in [-0.1, -0.05) is 24.3 Å². The van der Waals surface area contributed by atoms with Crippen LogP contribution in [0.1, 0.15) is 11.1 Å². The maximum atomic E-state index is 8.59. The minimum Gasteiger partial charge on any atom is -0.388 e. The van der Waals surface area contributed by atoms with Gasteiger partial charge in [-0.15, -0.1) is 0 Å². The molecule has 2 aromatic carbocycles. The van der Waals surface area contributed by atoms with Crippen molar-refractivity contribution in [1.82, 2.24) is 0 Å². The van der Waals surface area contributed by atoms with Crippen molar-refractivity contribution in [2.45, 2.75) is 6.42 Å². The lowest BCUT2D eigenvalue weighted by Gasteiger charge is -2.03. The van der Waals surface area contributed by atoms with E-state index in [1.54, 1.807) is 12.1 Å². The van der Waals surface area contributed by atoms with Gasteiger partial charge in [-0.2, -0.15) is 0 Å². The highest BCUT2D eigenvalue weighted by atomic mass is 14.8. The first kappa shape index (κ1) is 11.2. The largest absolute Gasteiger partial charge is 0.388 e. The Bertz CT molecular complexity index is 521. The van der Waals surface area contributed by atoms with Crippen LogP contribution in [0.5, 0.6) is 0 Å². The molecule has 0 bridgehead atoms. The Kier molecular flexibility index (Phi) is 3.37. The maximum Gasteiger partial charge on any atom is 0.385 e. The number of anilines is 1. The Morgan fingerprint density at radius 1 is 0.941 bits per heavy atom. The highest BCUT2D eigenvalue weighted by Crippen LogP contribution is 2.16. The van der Waals surface area contributed by atoms with E-state index in [1.165, 1.54) is 11.1 Å². The van der Waals surface area contributed by atoms with Crippen molar-refractivity contribution < 1.29 is 0 Å². The SMILES string of the molecule is CNc1ccc(Cc2ccc([N+]#N)cc2)cc1. The lowest BCUT2D eigenvalue weighted by molar-refractivity contribution is 1.19. The molecule has 0 unspecified atom stereocenters. The molecule has 2 aromatic rings. The summed E-state index contributed by atoms with van der Waals surface area (Å²) in [6.07, 6.45) is 0.885. The van der Waals surface area contributed by atoms with Gasteiger partial charge in [-0.05, 0) is 29.7 Å². The Labute approximate surface area is 101 Å². The van der Waals surface area contributed by atoms with Crippen LogP contribution in [0.15, 0.2) is 48.5 Å². The second-order valence-electron chi connectivity index (χ2n) is 3.89. The predicted molar refractivity (Wildman–Crippen MR) is 70.0 cm³/mol. The molecule has 2 rings (SSSR count). The van der Waals surface area contributed by atoms with Gasteiger partial charge >= 0.3 is 5.69 Å². The van der Waals surface area contributed by atoms with Crippen molar-refractivity contribution in [1.29, 1.82) is 5.39 Å². The molecule has 0 aliphatic rings. The Morgan fingerprint density at radius 2 is 1.47 bits per heavy atom. The number of hydrogen-bond acceptors (Lipinski definition) is 2. The first-order valence-electron chi connectivity index (χ1n) is 5.52. The van der Waals surface area contributed by atoms with Gasteiger partial charge in [0, 0.05) is 24.9 Å². The monoisotopic (exact) mass is 224 g/mol. The van der Waals surface area contributed by atoms with Crippen LogP contribution < -0.4 is 5.32 Å². The van der Waals surface area contributed by atoms with E-state index in [-0.39, 0.29) is 0 Å². The molecule has 0 amide bonds. The van der Waals surface area contributed by atoms with Crippen LogP contribution in [-0.2, 0) is 6.42 Å². The fourth-order valence-electron chi connectivity index (χ4n) is 1.71. The van der Waals surface area contributed by atoms with E-state index in [0.29, 0.717) is 5.69 Å². The Morgan fingerprint density at radius 3 is 1.94 bits per heavy atom. The van der Waals surface area contributed by atoms with Crippen LogP contribution in [0, 0.1) is 5.39 Å². The first-order valence-corrected chi connectivity index (χ1v) is 5.52. The maximum absolute atomic E-state index is 8.59. The summed E-state index contributed by atoms with van der Waals surface area (Å²) in [4.78, 5) is 3.13. The summed E-state index contributed by atoms with van der Waals surface area (Å²) in [5, 5.41) is 11.7. The van der Waals surface area contributed by atoms with E-state index in [9.17, 15) is 0 Å². The number of benzene rings is 2. The van der Waals surface area contributed by atoms with Crippen molar-refractivity contribution in [2.24, 2.45) is 0 Å². The summed E-state index contributed by atoms with van der Waals surface area (Å²) in [6.45, 7) is 0. The lowest BCUT2D eigenvalue weighted by Crippen LogP contribution is -1.90. The second kappa shape index (κ2) is 5.13. The van der Waals surface area contributed by atoms with Crippen LogP contribution in [0.3, 0.4) is 0 Å². The standard InChI is InChI=1S/C14H14N3/c1-16-13-6-2-11(3-7-13)10-12-4-8-14(17-15)9-5-12/h2-9,16H,10H2,1H3/q+1. The summed E-state index contributed by atoms with van der Waals surface area (Å²) in [5.41, 5.74) is 4.16. The Hall–Kier alpha value is -2.34. The average molecular weight is 224 g/mol. The first-order chi connectivity index (χ1) is 8.31. The molecule has 0 aromatic heterocycles. The van der Waals surface area contributed by atoms with Gasteiger partial charge in [-0.25, -0.2) is 0 Å². The van der Waals surface area contributed by atoms with Crippen LogP contribution in [0.4, 0.5) is 11.4 Å². The third kappa shape index (κ3) is 2.82. The normalized spacial score (nSPS) is 9.65. The minimum absolute atomic E-state index is 0.583. The number of diazo groups is 1. The van der Waals surface area contributed by atoms with E-state index in [4.69, 9.17) is 5.39 Å². The van der Waals surface area contributed by atoms with Gasteiger partial charge in [0.25, 0.3) is 0 Å². The highest BCUT2D eigenvalue weighted by Gasteiger charge is 2.03. The third-order valence-corrected chi connectivity index (χ3v) is 2.70. The van der Waals surface area contributed by atoms with Gasteiger partial charge in [0.2, 0.25) is 5.39 Å². The van der Waals surface area contributed by atoms with E-state index in [1.807, 2.05) is 19.2 Å². The number of hydrogen-bond donors (Lipinski definition) is 1. The molecule has 3 heteroatoms. The van der Waals surface area contributed by atoms with E-state index >= 15 is 0 Å². The molecule has 0 aliphatic carbocycles. The topological polar surface area (TPSA) is 40.2 Å². The van der Waals surface area contributed by atoms with Gasteiger partial charge in [0.05, 0.1) is 0 Å². The molecule has 0 fully saturated rings. The molecule has 0 aliphatic heterocycles. The summed E-state index contributed by atoms with van der Waals surface area (Å²) in [6, 6.07) is 15.9. The zero-order valence-electron chi connectivity index (χ0n) is 9.72. The quantitative estimate of drug-likeness (QED) is 0.805. The second-order valence-corrected chi connectivity index (χ2v) is 3.89. The highest BCUT2D eigenvalue weighted by molar-refractivity contribution is 5.47. The smallest absolute Gasteiger partial charge is 0.385 e. The van der Waals surface area contributed by atoms with Crippen molar-refractivity contribution in [3.05, 3.63) is 64.6 Å². The lowest BCUT2D eigenvalue weighted by atomic mass is 10.0. The molecule has 0 heterocycles. The van der Waals surface area contributed by atoms with Crippen molar-refractivity contribution >= 4 is 11.4 Å². The molecule has 0 atom stereocenters. The summed E-state index contributed by atoms with van der Waals surface area (Å²) >= 11 is 0. The molecule has 0 spiro atoms. The van der Waals surface area contributed by atoms with E-state index < -0.39 is 0 Å². The van der Waals surface area contributed by atoms with Crippen LogP contribution >= 0.6 is 0 Å². The summed E-state index contributed by atoms with van der Waals surface area (Å²) in [5.74, 6) is 0. The zero-order chi connectivity index (χ0) is 12.1. The Balaban J connectivity index is 2.11. The average Bonchev–Trinajstić information content (AvgIpc) is 2.40. The summed E-state index contributed by atoms with van der Waals surface area (Å²) < 4.78 is 0. The van der Waals surface area contributed by atoms with Crippen LogP contribution in [-0.4, -0.2) is 7.05 Å². The van der Waals surface area contributed by atoms with Crippen molar-refractivity contribution in [3.63, 3.8) is 0 Å². The molecule has 1 N–H and O–H groups in total. The molecule has 17 heavy (non-hydrogen) atoms. The summed E-state index contributed by atoms with van der Waals surface area (Å²) in [7, 11) is 1.91. The fraction of sp³-hybridized carbons (Fsp3) is 0.143. The zero-order valence-corrected chi connectivity index (χ0v) is 9.72. The molecular formula is C14H14N3+. The number of nitrogens with zero attached hydrogens (tertiary/aromatic N) is 2. The number of rotatable bonds is 3. The molecular weight excluding hydrogens is 210 g/mol. The van der Waals surface area contributed by atoms with Gasteiger partial charge in [0.1, 0.15) is 0 Å². The molecule has 0 saturated heterocycles. The minimum atomic E-state index is 0.583. The molecule has 3 nitrogen and oxygen atoms in total. The molecule has 0 saturated carbocycles. The van der Waals surface area contributed by atoms with Gasteiger partial charge in [-0.3, -0.25) is 0 Å². The van der Waals surface area contributed by atoms with Crippen molar-refractivity contribution in [2.75, 3.05) is 12.4 Å². The molecule has 0 radical (unpaired) electrons. The third-order valence-electron chi connectivity index (χ3n) is 2.70. The van der Waals surface area contributed by atoms with Crippen LogP contribution in [0.25, 0.3) is 4.98 Å². The van der Waals surface area contributed by atoms with E-state index in [2.05, 4.69) is 34.6 Å². The number of nitrogens with one attached hydrogen (secondary N) is 1.